The van der Waals surface area contributed by atoms with Crippen LogP contribution in [0.4, 0.5) is 0 Å². The Balaban J connectivity index is 4.35. The Hall–Kier alpha value is -0.510. The average molecular weight is 814 g/mol. The van der Waals surface area contributed by atoms with Crippen LogP contribution in [0.1, 0.15) is 187 Å². The zero-order chi connectivity index (χ0) is 37.9. The highest BCUT2D eigenvalue weighted by atomic mass is 79.9. The minimum absolute atomic E-state index is 0.0354. The summed E-state index contributed by atoms with van der Waals surface area (Å²) in [7, 11) is 1.49. The van der Waals surface area contributed by atoms with Gasteiger partial charge in [-0.2, -0.15) is 0 Å². The number of carbonyl (C=O) groups is 2. The zero-order valence-electron chi connectivity index (χ0n) is 33.5. The van der Waals surface area contributed by atoms with Crippen molar-refractivity contribution in [2.45, 2.75) is 193 Å². The normalized spacial score (nSPS) is 13.6. The SMILES string of the molecule is CCCCCCCCCCCCCCCC(=O)OC[C@H](COP(=O)(O)OCC[N+](C)(C)C)OC(=O)CCCCCCCCCCCCCCCBr. The fourth-order valence-electron chi connectivity index (χ4n) is 5.86. The number of carbonyl (C=O) groups excluding carboxylic acids is 2. The second-order valence-electron chi connectivity index (χ2n) is 15.4. The van der Waals surface area contributed by atoms with Gasteiger partial charge in [-0.3, -0.25) is 18.6 Å². The van der Waals surface area contributed by atoms with Crippen molar-refractivity contribution in [3.05, 3.63) is 0 Å². The van der Waals surface area contributed by atoms with Gasteiger partial charge in [0.25, 0.3) is 0 Å². The zero-order valence-corrected chi connectivity index (χ0v) is 36.0. The molecule has 0 aromatic rings. The fourth-order valence-corrected chi connectivity index (χ4v) is 7.00. The van der Waals surface area contributed by atoms with Crippen molar-refractivity contribution < 1.29 is 42.1 Å². The molecule has 0 spiro atoms. The number of esters is 2. The third-order valence-corrected chi connectivity index (χ3v) is 10.7. The average Bonchev–Trinajstić information content (AvgIpc) is 3.07. The molecule has 0 aliphatic rings. The fraction of sp³-hybridized carbons (Fsp3) is 0.950. The van der Waals surface area contributed by atoms with Gasteiger partial charge in [0.2, 0.25) is 0 Å². The highest BCUT2D eigenvalue weighted by Gasteiger charge is 2.27. The van der Waals surface area contributed by atoms with Gasteiger partial charge in [-0.25, -0.2) is 4.57 Å². The molecule has 304 valence electrons. The van der Waals surface area contributed by atoms with Crippen LogP contribution in [0, 0.1) is 0 Å². The highest BCUT2D eigenvalue weighted by molar-refractivity contribution is 9.09. The summed E-state index contributed by atoms with van der Waals surface area (Å²) in [6, 6.07) is 0. The highest BCUT2D eigenvalue weighted by Crippen LogP contribution is 2.43. The molecule has 0 amide bonds. The van der Waals surface area contributed by atoms with Crippen LogP contribution in [0.15, 0.2) is 0 Å². The van der Waals surface area contributed by atoms with Crippen LogP contribution in [-0.2, 0) is 32.7 Å². The first-order valence-electron chi connectivity index (χ1n) is 20.8. The lowest BCUT2D eigenvalue weighted by atomic mass is 10.0. The number of unbranched alkanes of at least 4 members (excludes halogenated alkanes) is 24. The molecule has 0 saturated carbocycles. The molecular weight excluding hydrogens is 733 g/mol. The topological polar surface area (TPSA) is 108 Å². The maximum absolute atomic E-state index is 12.6. The van der Waals surface area contributed by atoms with Crippen LogP contribution in [0.3, 0.4) is 0 Å². The first kappa shape index (κ1) is 50.5. The van der Waals surface area contributed by atoms with E-state index in [9.17, 15) is 19.0 Å². The van der Waals surface area contributed by atoms with Gasteiger partial charge >= 0.3 is 19.8 Å². The van der Waals surface area contributed by atoms with Crippen molar-refractivity contribution in [3.8, 4) is 0 Å². The van der Waals surface area contributed by atoms with Crippen molar-refractivity contribution in [1.82, 2.24) is 0 Å². The monoisotopic (exact) mass is 812 g/mol. The van der Waals surface area contributed by atoms with Crippen molar-refractivity contribution >= 4 is 35.7 Å². The maximum atomic E-state index is 12.6. The Bertz CT molecular complexity index is 857. The molecule has 0 saturated heterocycles. The third kappa shape index (κ3) is 39.0. The van der Waals surface area contributed by atoms with E-state index < -0.39 is 26.5 Å². The summed E-state index contributed by atoms with van der Waals surface area (Å²) >= 11 is 3.49. The summed E-state index contributed by atoms with van der Waals surface area (Å²) in [5.41, 5.74) is 0. The molecule has 0 heterocycles. The molecule has 9 nitrogen and oxygen atoms in total. The molecule has 0 rings (SSSR count). The molecule has 0 aliphatic heterocycles. The van der Waals surface area contributed by atoms with E-state index in [1.807, 2.05) is 21.1 Å². The predicted octanol–water partition coefficient (Wildman–Crippen LogP) is 11.6. The smallest absolute Gasteiger partial charge is 0.462 e. The van der Waals surface area contributed by atoms with Crippen LogP contribution in [0.25, 0.3) is 0 Å². The minimum atomic E-state index is -4.36. The molecule has 0 bridgehead atoms. The van der Waals surface area contributed by atoms with Gasteiger partial charge in [-0.15, -0.1) is 0 Å². The van der Waals surface area contributed by atoms with E-state index in [0.717, 1.165) is 37.4 Å². The first-order chi connectivity index (χ1) is 24.5. The lowest BCUT2D eigenvalue weighted by Crippen LogP contribution is -2.37. The van der Waals surface area contributed by atoms with Gasteiger partial charge in [-0.1, -0.05) is 171 Å². The van der Waals surface area contributed by atoms with Crippen LogP contribution in [0.5, 0.6) is 0 Å². The van der Waals surface area contributed by atoms with E-state index in [2.05, 4.69) is 22.9 Å². The van der Waals surface area contributed by atoms with Crippen LogP contribution in [0.2, 0.25) is 0 Å². The first-order valence-corrected chi connectivity index (χ1v) is 23.4. The Labute approximate surface area is 322 Å². The standard InChI is InChI=1S/C40H79BrNO8P/c1-5-6-7-8-9-10-11-13-16-19-22-25-28-31-39(43)47-36-38(37-49-51(45,46)48-35-34-42(2,3)4)50-40(44)32-29-26-23-20-17-14-12-15-18-21-24-27-30-33-41/h38H,5-37H2,1-4H3/p+1/t38-/m1/s1. The van der Waals surface area contributed by atoms with E-state index in [4.69, 9.17) is 18.5 Å². The number of rotatable bonds is 39. The molecule has 0 aliphatic carbocycles. The maximum Gasteiger partial charge on any atom is 0.472 e. The molecule has 1 unspecified atom stereocenters. The second-order valence-corrected chi connectivity index (χ2v) is 17.7. The van der Waals surface area contributed by atoms with Gasteiger partial charge in [-0.05, 0) is 19.3 Å². The van der Waals surface area contributed by atoms with Crippen LogP contribution < -0.4 is 0 Å². The molecule has 2 atom stereocenters. The van der Waals surface area contributed by atoms with E-state index >= 15 is 0 Å². The molecule has 0 radical (unpaired) electrons. The quantitative estimate of drug-likeness (QED) is 0.0215. The number of hydrogen-bond donors (Lipinski definition) is 1. The number of hydrogen-bond acceptors (Lipinski definition) is 7. The summed E-state index contributed by atoms with van der Waals surface area (Å²) in [5.74, 6) is -0.790. The van der Waals surface area contributed by atoms with Crippen molar-refractivity contribution in [3.63, 3.8) is 0 Å². The lowest BCUT2D eigenvalue weighted by molar-refractivity contribution is -0.870. The summed E-state index contributed by atoms with van der Waals surface area (Å²) in [6.07, 6.45) is 31.2. The number of phosphoric acid groups is 1. The third-order valence-electron chi connectivity index (χ3n) is 9.17. The predicted molar refractivity (Wildman–Crippen MR) is 214 cm³/mol. The summed E-state index contributed by atoms with van der Waals surface area (Å²) < 4.78 is 34.2. The number of ether oxygens (including phenoxy) is 2. The number of likely N-dealkylation sites (N-methyl/N-ethyl adjacent to an activating group) is 1. The molecule has 11 heteroatoms. The molecule has 0 aromatic heterocycles. The van der Waals surface area contributed by atoms with Crippen molar-refractivity contribution in [1.29, 1.82) is 0 Å². The van der Waals surface area contributed by atoms with Crippen LogP contribution in [-0.4, -0.2) is 80.3 Å². The minimum Gasteiger partial charge on any atom is -0.462 e. The van der Waals surface area contributed by atoms with Crippen LogP contribution >= 0.6 is 23.8 Å². The summed E-state index contributed by atoms with van der Waals surface area (Å²) in [5, 5.41) is 1.11. The molecule has 0 fully saturated rings. The Morgan fingerprint density at radius 2 is 0.980 bits per heavy atom. The number of alkyl halides is 1. The lowest BCUT2D eigenvalue weighted by Gasteiger charge is -2.24. The largest absolute Gasteiger partial charge is 0.472 e. The van der Waals surface area contributed by atoms with E-state index in [1.165, 1.54) is 128 Å². The Kier molecular flexibility index (Phi) is 34.9. The Morgan fingerprint density at radius 1 is 0.588 bits per heavy atom. The Morgan fingerprint density at radius 3 is 1.39 bits per heavy atom. The van der Waals surface area contributed by atoms with E-state index in [1.54, 1.807) is 0 Å². The molecule has 0 aromatic carbocycles. The number of quaternary nitrogens is 1. The van der Waals surface area contributed by atoms with Gasteiger partial charge in [0.15, 0.2) is 6.10 Å². The summed E-state index contributed by atoms with van der Waals surface area (Å²) in [6.45, 7) is 2.18. The van der Waals surface area contributed by atoms with Crippen molar-refractivity contribution in [2.24, 2.45) is 0 Å². The van der Waals surface area contributed by atoms with E-state index in [-0.39, 0.29) is 25.6 Å². The number of halogens is 1. The molecular formula is C40H80BrNO8P+. The van der Waals surface area contributed by atoms with E-state index in [0.29, 0.717) is 23.9 Å². The second kappa shape index (κ2) is 35.2. The van der Waals surface area contributed by atoms with Gasteiger partial charge in [0.1, 0.15) is 19.8 Å². The number of phosphoric ester groups is 1. The molecule has 51 heavy (non-hydrogen) atoms. The van der Waals surface area contributed by atoms with Crippen molar-refractivity contribution in [2.75, 3.05) is 52.8 Å². The summed E-state index contributed by atoms with van der Waals surface area (Å²) in [4.78, 5) is 35.3. The van der Waals surface area contributed by atoms with Gasteiger partial charge in [0.05, 0.1) is 27.7 Å². The van der Waals surface area contributed by atoms with Gasteiger partial charge < -0.3 is 18.9 Å². The number of nitrogens with zero attached hydrogens (tertiary/aromatic N) is 1. The van der Waals surface area contributed by atoms with Gasteiger partial charge in [0, 0.05) is 18.2 Å². The molecule has 1 N–H and O–H groups in total.